The summed E-state index contributed by atoms with van der Waals surface area (Å²) in [7, 11) is 0. The Morgan fingerprint density at radius 2 is 2.30 bits per heavy atom. The Labute approximate surface area is 122 Å². The first-order chi connectivity index (χ1) is 9.76. The lowest BCUT2D eigenvalue weighted by molar-refractivity contribution is 0.0925. The van der Waals surface area contributed by atoms with Crippen LogP contribution in [0.5, 0.6) is 0 Å². The summed E-state index contributed by atoms with van der Waals surface area (Å²) in [5.74, 6) is 1.08. The maximum absolute atomic E-state index is 5.55. The first kappa shape index (κ1) is 15.3. The van der Waals surface area contributed by atoms with Crippen LogP contribution in [-0.2, 0) is 4.74 Å². The number of ether oxygens (including phenoxy) is 1. The molecule has 1 aliphatic heterocycles. The molecule has 1 fully saturated rings. The average molecular weight is 277 g/mol. The van der Waals surface area contributed by atoms with E-state index in [2.05, 4.69) is 48.1 Å². The van der Waals surface area contributed by atoms with E-state index in [4.69, 9.17) is 4.74 Å². The molecule has 0 aromatic carbocycles. The van der Waals surface area contributed by atoms with E-state index in [1.165, 1.54) is 5.56 Å². The number of rotatable bonds is 6. The number of nitrogens with one attached hydrogen (secondary N) is 1. The van der Waals surface area contributed by atoms with Gasteiger partial charge in [0, 0.05) is 18.8 Å². The molecule has 0 radical (unpaired) electrons. The Morgan fingerprint density at radius 1 is 1.45 bits per heavy atom. The molecule has 2 unspecified atom stereocenters. The van der Waals surface area contributed by atoms with E-state index < -0.39 is 0 Å². The molecule has 0 spiro atoms. The standard InChI is InChI=1S/C16H27N3O/c1-4-8-17-13(3)14-6-7-16(18-11-14)19-9-10-20-12-15(19)5-2/h6-7,11,13,15,17H,4-5,8-10,12H2,1-3H3. The number of morpholine rings is 1. The molecule has 2 rings (SSSR count). The summed E-state index contributed by atoms with van der Waals surface area (Å²) in [4.78, 5) is 7.03. The second-order valence-corrected chi connectivity index (χ2v) is 5.46. The molecule has 1 aromatic rings. The third-order valence-corrected chi connectivity index (χ3v) is 3.96. The largest absolute Gasteiger partial charge is 0.377 e. The van der Waals surface area contributed by atoms with Gasteiger partial charge in [0.15, 0.2) is 0 Å². The molecule has 20 heavy (non-hydrogen) atoms. The Kier molecular flexibility index (Phi) is 5.80. The van der Waals surface area contributed by atoms with E-state index in [0.717, 1.165) is 45.0 Å². The van der Waals surface area contributed by atoms with Crippen LogP contribution in [0.15, 0.2) is 18.3 Å². The van der Waals surface area contributed by atoms with E-state index in [9.17, 15) is 0 Å². The van der Waals surface area contributed by atoms with Crippen molar-refractivity contribution in [2.75, 3.05) is 31.2 Å². The fraction of sp³-hybridized carbons (Fsp3) is 0.688. The normalized spacial score (nSPS) is 20.9. The lowest BCUT2D eigenvalue weighted by atomic mass is 10.1. The fourth-order valence-corrected chi connectivity index (χ4v) is 2.60. The van der Waals surface area contributed by atoms with Gasteiger partial charge >= 0.3 is 0 Å². The molecular formula is C16H27N3O. The number of hydrogen-bond donors (Lipinski definition) is 1. The molecule has 4 heteroatoms. The molecule has 0 saturated carbocycles. The SMILES string of the molecule is CCCNC(C)c1ccc(N2CCOCC2CC)nc1. The predicted octanol–water partition coefficient (Wildman–Crippen LogP) is 2.76. The van der Waals surface area contributed by atoms with Crippen molar-refractivity contribution in [1.29, 1.82) is 0 Å². The van der Waals surface area contributed by atoms with Crippen molar-refractivity contribution in [1.82, 2.24) is 10.3 Å². The third kappa shape index (κ3) is 3.70. The minimum Gasteiger partial charge on any atom is -0.377 e. The van der Waals surface area contributed by atoms with Gasteiger partial charge in [-0.25, -0.2) is 4.98 Å². The molecule has 1 saturated heterocycles. The van der Waals surface area contributed by atoms with Gasteiger partial charge in [-0.05, 0) is 37.9 Å². The zero-order chi connectivity index (χ0) is 14.4. The van der Waals surface area contributed by atoms with E-state index in [0.29, 0.717) is 12.1 Å². The first-order valence-corrected chi connectivity index (χ1v) is 7.80. The molecular weight excluding hydrogens is 250 g/mol. The number of pyridine rings is 1. The monoisotopic (exact) mass is 277 g/mol. The quantitative estimate of drug-likeness (QED) is 0.867. The van der Waals surface area contributed by atoms with Crippen molar-refractivity contribution in [3.05, 3.63) is 23.9 Å². The summed E-state index contributed by atoms with van der Waals surface area (Å²) < 4.78 is 5.55. The fourth-order valence-electron chi connectivity index (χ4n) is 2.60. The summed E-state index contributed by atoms with van der Waals surface area (Å²) >= 11 is 0. The number of aromatic nitrogens is 1. The van der Waals surface area contributed by atoms with Crippen molar-refractivity contribution in [2.24, 2.45) is 0 Å². The molecule has 2 heterocycles. The summed E-state index contributed by atoms with van der Waals surface area (Å²) in [6.07, 6.45) is 4.25. The van der Waals surface area contributed by atoms with Crippen LogP contribution in [0.3, 0.4) is 0 Å². The van der Waals surface area contributed by atoms with Gasteiger partial charge in [-0.2, -0.15) is 0 Å². The molecule has 4 nitrogen and oxygen atoms in total. The van der Waals surface area contributed by atoms with Crippen molar-refractivity contribution >= 4 is 5.82 Å². The maximum atomic E-state index is 5.55. The van der Waals surface area contributed by atoms with Gasteiger partial charge in [0.05, 0.1) is 19.3 Å². The molecule has 0 amide bonds. The van der Waals surface area contributed by atoms with E-state index in [1.54, 1.807) is 0 Å². The molecule has 1 aliphatic rings. The maximum Gasteiger partial charge on any atom is 0.128 e. The smallest absolute Gasteiger partial charge is 0.128 e. The highest BCUT2D eigenvalue weighted by molar-refractivity contribution is 5.41. The van der Waals surface area contributed by atoms with Crippen LogP contribution in [0.1, 0.15) is 45.2 Å². The molecule has 0 aliphatic carbocycles. The number of anilines is 1. The van der Waals surface area contributed by atoms with Gasteiger partial charge in [-0.15, -0.1) is 0 Å². The Bertz CT molecular complexity index is 393. The number of hydrogen-bond acceptors (Lipinski definition) is 4. The van der Waals surface area contributed by atoms with Crippen molar-refractivity contribution < 1.29 is 4.74 Å². The zero-order valence-corrected chi connectivity index (χ0v) is 12.9. The molecule has 2 atom stereocenters. The van der Waals surface area contributed by atoms with Gasteiger partial charge in [-0.1, -0.05) is 19.9 Å². The number of nitrogens with zero attached hydrogens (tertiary/aromatic N) is 2. The Hall–Kier alpha value is -1.13. The predicted molar refractivity (Wildman–Crippen MR) is 83.2 cm³/mol. The molecule has 0 bridgehead atoms. The molecule has 1 N–H and O–H groups in total. The molecule has 1 aromatic heterocycles. The summed E-state index contributed by atoms with van der Waals surface area (Å²) in [6, 6.07) is 5.16. The van der Waals surface area contributed by atoms with Crippen molar-refractivity contribution in [3.63, 3.8) is 0 Å². The minimum absolute atomic E-state index is 0.364. The summed E-state index contributed by atoms with van der Waals surface area (Å²) in [5.41, 5.74) is 1.25. The Morgan fingerprint density at radius 3 is 2.95 bits per heavy atom. The topological polar surface area (TPSA) is 37.4 Å². The van der Waals surface area contributed by atoms with Crippen molar-refractivity contribution in [2.45, 2.75) is 45.7 Å². The van der Waals surface area contributed by atoms with Crippen LogP contribution in [0.2, 0.25) is 0 Å². The van der Waals surface area contributed by atoms with Crippen LogP contribution >= 0.6 is 0 Å². The second-order valence-electron chi connectivity index (χ2n) is 5.46. The Balaban J connectivity index is 2.03. The van der Waals surface area contributed by atoms with Gasteiger partial charge in [0.25, 0.3) is 0 Å². The van der Waals surface area contributed by atoms with Gasteiger partial charge in [-0.3, -0.25) is 0 Å². The minimum atomic E-state index is 0.364. The van der Waals surface area contributed by atoms with Gasteiger partial charge in [0.2, 0.25) is 0 Å². The van der Waals surface area contributed by atoms with Crippen LogP contribution in [0.25, 0.3) is 0 Å². The van der Waals surface area contributed by atoms with E-state index >= 15 is 0 Å². The summed E-state index contributed by atoms with van der Waals surface area (Å²) in [6.45, 7) is 10.2. The first-order valence-electron chi connectivity index (χ1n) is 7.80. The van der Waals surface area contributed by atoms with Gasteiger partial charge in [0.1, 0.15) is 5.82 Å². The second kappa shape index (κ2) is 7.60. The lowest BCUT2D eigenvalue weighted by Gasteiger charge is -2.36. The zero-order valence-electron chi connectivity index (χ0n) is 12.9. The van der Waals surface area contributed by atoms with Crippen LogP contribution < -0.4 is 10.2 Å². The highest BCUT2D eigenvalue weighted by Crippen LogP contribution is 2.21. The third-order valence-electron chi connectivity index (χ3n) is 3.96. The van der Waals surface area contributed by atoms with Crippen LogP contribution in [0, 0.1) is 0 Å². The average Bonchev–Trinajstić information content (AvgIpc) is 2.52. The van der Waals surface area contributed by atoms with Crippen LogP contribution in [0.4, 0.5) is 5.82 Å². The van der Waals surface area contributed by atoms with E-state index in [1.807, 2.05) is 6.20 Å². The molecule has 112 valence electrons. The highest BCUT2D eigenvalue weighted by atomic mass is 16.5. The van der Waals surface area contributed by atoms with Crippen LogP contribution in [-0.4, -0.2) is 37.3 Å². The highest BCUT2D eigenvalue weighted by Gasteiger charge is 2.22. The van der Waals surface area contributed by atoms with Gasteiger partial charge < -0.3 is 15.0 Å². The van der Waals surface area contributed by atoms with E-state index in [-0.39, 0.29) is 0 Å². The lowest BCUT2D eigenvalue weighted by Crippen LogP contribution is -2.45. The van der Waals surface area contributed by atoms with Crippen molar-refractivity contribution in [3.8, 4) is 0 Å². The summed E-state index contributed by atoms with van der Waals surface area (Å²) in [5, 5.41) is 3.49.